The van der Waals surface area contributed by atoms with Crippen molar-refractivity contribution in [1.29, 1.82) is 0 Å². The topological polar surface area (TPSA) is 31.9 Å². The highest BCUT2D eigenvalue weighted by Crippen LogP contribution is 2.34. The number of nitrogens with one attached hydrogen (secondary N) is 1. The van der Waals surface area contributed by atoms with Crippen molar-refractivity contribution in [2.24, 2.45) is 5.92 Å². The van der Waals surface area contributed by atoms with Gasteiger partial charge in [0, 0.05) is 11.7 Å². The van der Waals surface area contributed by atoms with Gasteiger partial charge >= 0.3 is 0 Å². The smallest absolute Gasteiger partial charge is 0.0522 e. The van der Waals surface area contributed by atoms with E-state index in [9.17, 15) is 0 Å². The second kappa shape index (κ2) is 5.40. The Hall–Kier alpha value is -0.540. The summed E-state index contributed by atoms with van der Waals surface area (Å²) >= 11 is 0. The lowest BCUT2D eigenvalue weighted by atomic mass is 9.77. The van der Waals surface area contributed by atoms with Crippen LogP contribution in [0, 0.1) is 5.92 Å². The van der Waals surface area contributed by atoms with E-state index in [2.05, 4.69) is 22.0 Å². The Bertz CT molecular complexity index is 361. The van der Waals surface area contributed by atoms with Gasteiger partial charge < -0.3 is 0 Å². The number of hydrogen-bond donors (Lipinski definition) is 1. The predicted octanol–water partition coefficient (Wildman–Crippen LogP) is 2.42. The first-order chi connectivity index (χ1) is 7.88. The summed E-state index contributed by atoms with van der Waals surface area (Å²) in [6.45, 7) is 4.87. The lowest BCUT2D eigenvalue weighted by molar-refractivity contribution is 0.0850. The van der Waals surface area contributed by atoms with Crippen LogP contribution in [0.1, 0.15) is 37.4 Å². The van der Waals surface area contributed by atoms with E-state index in [1.807, 2.05) is 6.20 Å². The van der Waals surface area contributed by atoms with Gasteiger partial charge in [-0.3, -0.25) is 10.00 Å². The van der Waals surface area contributed by atoms with E-state index >= 15 is 0 Å². The third-order valence-corrected chi connectivity index (χ3v) is 4.25. The Morgan fingerprint density at radius 1 is 1.47 bits per heavy atom. The van der Waals surface area contributed by atoms with Gasteiger partial charge in [-0.2, -0.15) is 5.10 Å². The molecule has 1 aliphatic heterocycles. The van der Waals surface area contributed by atoms with E-state index in [0.717, 1.165) is 12.0 Å². The van der Waals surface area contributed by atoms with E-state index < -0.39 is 0 Å². The fourth-order valence-corrected chi connectivity index (χ4v) is 3.49. The minimum absolute atomic E-state index is 0. The SMILES string of the molecule is CCCN1CCC[C@H]2Cc3[nH]ncc3C[C@@H]21.Cl. The summed E-state index contributed by atoms with van der Waals surface area (Å²) in [6, 6.07) is 0.791. The van der Waals surface area contributed by atoms with Crippen LogP contribution in [-0.4, -0.2) is 34.2 Å². The van der Waals surface area contributed by atoms with E-state index in [-0.39, 0.29) is 12.4 Å². The van der Waals surface area contributed by atoms with Gasteiger partial charge in [0.1, 0.15) is 0 Å². The molecular weight excluding hydrogens is 234 g/mol. The molecule has 3 rings (SSSR count). The van der Waals surface area contributed by atoms with Crippen LogP contribution in [-0.2, 0) is 12.8 Å². The largest absolute Gasteiger partial charge is 0.300 e. The number of aromatic nitrogens is 2. The molecule has 0 radical (unpaired) electrons. The van der Waals surface area contributed by atoms with E-state index in [0.29, 0.717) is 0 Å². The molecule has 1 N–H and O–H groups in total. The van der Waals surface area contributed by atoms with Gasteiger partial charge in [-0.15, -0.1) is 12.4 Å². The molecule has 1 aliphatic carbocycles. The van der Waals surface area contributed by atoms with E-state index in [1.165, 1.54) is 56.5 Å². The zero-order valence-electron chi connectivity index (χ0n) is 10.5. The van der Waals surface area contributed by atoms with Crippen LogP contribution in [0.4, 0.5) is 0 Å². The molecule has 1 fully saturated rings. The third kappa shape index (κ3) is 2.36. The number of halogens is 1. The van der Waals surface area contributed by atoms with Crippen molar-refractivity contribution in [2.45, 2.75) is 45.1 Å². The van der Waals surface area contributed by atoms with Crippen molar-refractivity contribution in [3.63, 3.8) is 0 Å². The number of aromatic amines is 1. The maximum Gasteiger partial charge on any atom is 0.0522 e. The number of fused-ring (bicyclic) bond motifs is 2. The predicted molar refractivity (Wildman–Crippen MR) is 71.6 cm³/mol. The number of likely N-dealkylation sites (tertiary alicyclic amines) is 1. The summed E-state index contributed by atoms with van der Waals surface area (Å²) in [6.07, 6.45) is 8.54. The highest BCUT2D eigenvalue weighted by atomic mass is 35.5. The number of hydrogen-bond acceptors (Lipinski definition) is 2. The molecule has 0 unspecified atom stereocenters. The van der Waals surface area contributed by atoms with Gasteiger partial charge in [-0.25, -0.2) is 0 Å². The molecule has 3 nitrogen and oxygen atoms in total. The average molecular weight is 256 g/mol. The van der Waals surface area contributed by atoms with Crippen LogP contribution in [0.3, 0.4) is 0 Å². The van der Waals surface area contributed by atoms with E-state index in [1.54, 1.807) is 0 Å². The van der Waals surface area contributed by atoms with Crippen LogP contribution in [0.5, 0.6) is 0 Å². The first-order valence-electron chi connectivity index (χ1n) is 6.63. The van der Waals surface area contributed by atoms with Crippen molar-refractivity contribution < 1.29 is 0 Å². The number of nitrogens with zero attached hydrogens (tertiary/aromatic N) is 2. The lowest BCUT2D eigenvalue weighted by Gasteiger charge is -2.43. The van der Waals surface area contributed by atoms with Gasteiger partial charge in [0.2, 0.25) is 0 Å². The van der Waals surface area contributed by atoms with Crippen LogP contribution >= 0.6 is 12.4 Å². The van der Waals surface area contributed by atoms with E-state index in [4.69, 9.17) is 0 Å². The standard InChI is InChI=1S/C13H21N3.ClH/c1-2-5-16-6-3-4-10-7-12-11(8-13(10)16)9-14-15-12;/h9-10,13H,2-8H2,1H3,(H,14,15);1H/t10-,13-;/m0./s1. The monoisotopic (exact) mass is 255 g/mol. The zero-order chi connectivity index (χ0) is 11.0. The maximum absolute atomic E-state index is 4.19. The summed E-state index contributed by atoms with van der Waals surface area (Å²) in [7, 11) is 0. The lowest BCUT2D eigenvalue weighted by Crippen LogP contribution is -2.49. The minimum Gasteiger partial charge on any atom is -0.300 e. The molecule has 2 atom stereocenters. The van der Waals surface area contributed by atoms with Gasteiger partial charge in [-0.1, -0.05) is 6.92 Å². The second-order valence-corrected chi connectivity index (χ2v) is 5.29. The second-order valence-electron chi connectivity index (χ2n) is 5.29. The molecule has 1 saturated heterocycles. The Balaban J connectivity index is 0.00000108. The van der Waals surface area contributed by atoms with Crippen molar-refractivity contribution in [3.05, 3.63) is 17.5 Å². The van der Waals surface area contributed by atoms with Crippen LogP contribution in [0.2, 0.25) is 0 Å². The molecule has 4 heteroatoms. The Kier molecular flexibility index (Phi) is 4.10. The summed E-state index contributed by atoms with van der Waals surface area (Å²) in [5.41, 5.74) is 2.86. The normalized spacial score (nSPS) is 28.1. The maximum atomic E-state index is 4.19. The molecule has 2 aliphatic rings. The van der Waals surface area contributed by atoms with Gasteiger partial charge in [-0.05, 0) is 56.7 Å². The Labute approximate surface area is 109 Å². The van der Waals surface area contributed by atoms with Crippen LogP contribution < -0.4 is 0 Å². The Morgan fingerprint density at radius 3 is 3.18 bits per heavy atom. The Morgan fingerprint density at radius 2 is 2.35 bits per heavy atom. The summed E-state index contributed by atoms with van der Waals surface area (Å²) in [5.74, 6) is 0.869. The molecule has 0 bridgehead atoms. The minimum atomic E-state index is 0. The molecule has 0 saturated carbocycles. The van der Waals surface area contributed by atoms with Crippen LogP contribution in [0.25, 0.3) is 0 Å². The quantitative estimate of drug-likeness (QED) is 0.880. The number of H-pyrrole nitrogens is 1. The summed E-state index contributed by atoms with van der Waals surface area (Å²) in [4.78, 5) is 2.71. The summed E-state index contributed by atoms with van der Waals surface area (Å²) < 4.78 is 0. The first-order valence-corrected chi connectivity index (χ1v) is 6.63. The molecule has 0 aromatic carbocycles. The van der Waals surface area contributed by atoms with Crippen molar-refractivity contribution in [3.8, 4) is 0 Å². The molecule has 17 heavy (non-hydrogen) atoms. The van der Waals surface area contributed by atoms with Crippen LogP contribution in [0.15, 0.2) is 6.20 Å². The third-order valence-electron chi connectivity index (χ3n) is 4.25. The number of rotatable bonds is 2. The molecule has 0 amide bonds. The van der Waals surface area contributed by atoms with Gasteiger partial charge in [0.15, 0.2) is 0 Å². The average Bonchev–Trinajstić information content (AvgIpc) is 2.74. The fourth-order valence-electron chi connectivity index (χ4n) is 3.49. The number of piperidine rings is 1. The molecular formula is C13H22ClN3. The van der Waals surface area contributed by atoms with Gasteiger partial charge in [0.25, 0.3) is 0 Å². The molecule has 1 aromatic heterocycles. The molecule has 2 heterocycles. The van der Waals surface area contributed by atoms with Crippen molar-refractivity contribution >= 4 is 12.4 Å². The molecule has 96 valence electrons. The van der Waals surface area contributed by atoms with Crippen molar-refractivity contribution in [1.82, 2.24) is 15.1 Å². The summed E-state index contributed by atoms with van der Waals surface area (Å²) in [5, 5.41) is 7.36. The fraction of sp³-hybridized carbons (Fsp3) is 0.769. The highest BCUT2D eigenvalue weighted by Gasteiger charge is 2.35. The van der Waals surface area contributed by atoms with Gasteiger partial charge in [0.05, 0.1) is 6.20 Å². The first kappa shape index (κ1) is 12.9. The zero-order valence-corrected chi connectivity index (χ0v) is 11.3. The highest BCUT2D eigenvalue weighted by molar-refractivity contribution is 5.85. The van der Waals surface area contributed by atoms with Crippen molar-refractivity contribution in [2.75, 3.05) is 13.1 Å². The molecule has 0 spiro atoms. The molecule has 1 aromatic rings.